The molecule has 0 spiro atoms. The second kappa shape index (κ2) is 5.67. The zero-order valence-corrected chi connectivity index (χ0v) is 12.1. The van der Waals surface area contributed by atoms with Crippen LogP contribution in [0.5, 0.6) is 0 Å². The maximum atomic E-state index is 12.2. The highest BCUT2D eigenvalue weighted by Gasteiger charge is 2.27. The standard InChI is InChI=1S/C14H14N4O5/c19-12-10-6-9(18(22)23)3-4-11(10)15-14(16-12)17-5-1-2-8(7-17)13(20)21/h3-4,6,8H,1-2,5,7H2,(H,20,21)(H,15,16,19). The zero-order valence-electron chi connectivity index (χ0n) is 12.1. The molecule has 1 fully saturated rings. The van der Waals surface area contributed by atoms with Crippen LogP contribution in [0, 0.1) is 16.0 Å². The van der Waals surface area contributed by atoms with E-state index in [4.69, 9.17) is 5.11 Å². The van der Waals surface area contributed by atoms with Crippen LogP contribution in [-0.2, 0) is 4.79 Å². The summed E-state index contributed by atoms with van der Waals surface area (Å²) in [6, 6.07) is 3.89. The number of nitrogens with zero attached hydrogens (tertiary/aromatic N) is 3. The highest BCUT2D eigenvalue weighted by Crippen LogP contribution is 2.22. The van der Waals surface area contributed by atoms with Crippen LogP contribution in [-0.4, -0.2) is 39.1 Å². The number of aromatic amines is 1. The van der Waals surface area contributed by atoms with Crippen molar-refractivity contribution in [3.63, 3.8) is 0 Å². The van der Waals surface area contributed by atoms with E-state index in [1.165, 1.54) is 18.2 Å². The average Bonchev–Trinajstić information content (AvgIpc) is 2.54. The minimum absolute atomic E-state index is 0.134. The smallest absolute Gasteiger partial charge is 0.308 e. The lowest BCUT2D eigenvalue weighted by Crippen LogP contribution is -2.40. The molecule has 0 radical (unpaired) electrons. The fourth-order valence-electron chi connectivity index (χ4n) is 2.75. The largest absolute Gasteiger partial charge is 0.481 e. The fraction of sp³-hybridized carbons (Fsp3) is 0.357. The molecule has 2 aromatic rings. The molecule has 1 aromatic carbocycles. The zero-order chi connectivity index (χ0) is 16.6. The van der Waals surface area contributed by atoms with Gasteiger partial charge in [-0.15, -0.1) is 0 Å². The van der Waals surface area contributed by atoms with Crippen LogP contribution in [0.1, 0.15) is 12.8 Å². The van der Waals surface area contributed by atoms with Gasteiger partial charge in [-0.3, -0.25) is 24.7 Å². The van der Waals surface area contributed by atoms with Crippen molar-refractivity contribution in [1.29, 1.82) is 0 Å². The Kier molecular flexibility index (Phi) is 3.68. The van der Waals surface area contributed by atoms with E-state index in [2.05, 4.69) is 9.97 Å². The van der Waals surface area contributed by atoms with Gasteiger partial charge in [-0.2, -0.15) is 0 Å². The Morgan fingerprint density at radius 2 is 2.26 bits per heavy atom. The molecule has 9 nitrogen and oxygen atoms in total. The van der Waals surface area contributed by atoms with Crippen molar-refractivity contribution in [2.75, 3.05) is 18.0 Å². The van der Waals surface area contributed by atoms with Crippen molar-refractivity contribution < 1.29 is 14.8 Å². The number of aromatic nitrogens is 2. The Bertz CT molecular complexity index is 847. The van der Waals surface area contributed by atoms with Gasteiger partial charge in [0.05, 0.1) is 21.7 Å². The van der Waals surface area contributed by atoms with Gasteiger partial charge in [-0.1, -0.05) is 0 Å². The summed E-state index contributed by atoms with van der Waals surface area (Å²) < 4.78 is 0. The van der Waals surface area contributed by atoms with E-state index in [1.54, 1.807) is 4.90 Å². The Hall–Kier alpha value is -2.97. The number of nitrogens with one attached hydrogen (secondary N) is 1. The summed E-state index contributed by atoms with van der Waals surface area (Å²) in [6.07, 6.45) is 1.29. The molecule has 0 amide bonds. The first kappa shape index (κ1) is 14.9. The average molecular weight is 318 g/mol. The molecule has 9 heteroatoms. The van der Waals surface area contributed by atoms with E-state index in [0.717, 1.165) is 0 Å². The summed E-state index contributed by atoms with van der Waals surface area (Å²) in [5, 5.41) is 20.0. The third-order valence-electron chi connectivity index (χ3n) is 3.96. The Balaban J connectivity index is 1.99. The van der Waals surface area contributed by atoms with Crippen molar-refractivity contribution in [2.45, 2.75) is 12.8 Å². The van der Waals surface area contributed by atoms with E-state index < -0.39 is 22.4 Å². The second-order valence-electron chi connectivity index (χ2n) is 5.47. The van der Waals surface area contributed by atoms with Crippen LogP contribution in [0.25, 0.3) is 10.9 Å². The van der Waals surface area contributed by atoms with Gasteiger partial charge >= 0.3 is 5.97 Å². The number of carboxylic acids is 1. The molecule has 1 aliphatic heterocycles. The number of carbonyl (C=O) groups is 1. The Labute approximate surface area is 129 Å². The predicted octanol–water partition coefficient (Wildman–Crippen LogP) is 1.13. The number of nitro groups is 1. The Morgan fingerprint density at radius 3 is 2.96 bits per heavy atom. The molecule has 23 heavy (non-hydrogen) atoms. The molecule has 1 aromatic heterocycles. The molecular formula is C14H14N4O5. The minimum Gasteiger partial charge on any atom is -0.481 e. The van der Waals surface area contributed by atoms with Crippen molar-refractivity contribution in [2.24, 2.45) is 5.92 Å². The molecule has 0 aliphatic carbocycles. The molecule has 2 N–H and O–H groups in total. The number of aliphatic carboxylic acids is 1. The first-order valence-electron chi connectivity index (χ1n) is 7.12. The maximum absolute atomic E-state index is 12.2. The van der Waals surface area contributed by atoms with Gasteiger partial charge in [0.2, 0.25) is 5.95 Å². The molecular weight excluding hydrogens is 304 g/mol. The van der Waals surface area contributed by atoms with E-state index >= 15 is 0 Å². The SMILES string of the molecule is O=C(O)C1CCCN(c2nc3ccc([N+](=O)[O-])cc3c(=O)[nH]2)C1. The number of piperidine rings is 1. The van der Waals surface area contributed by atoms with Crippen molar-refractivity contribution in [1.82, 2.24) is 9.97 Å². The second-order valence-corrected chi connectivity index (χ2v) is 5.47. The monoisotopic (exact) mass is 318 g/mol. The van der Waals surface area contributed by atoms with Gasteiger partial charge in [0.15, 0.2) is 0 Å². The van der Waals surface area contributed by atoms with Gasteiger partial charge < -0.3 is 10.0 Å². The van der Waals surface area contributed by atoms with Crippen LogP contribution >= 0.6 is 0 Å². The van der Waals surface area contributed by atoms with Crippen molar-refractivity contribution in [3.8, 4) is 0 Å². The normalized spacial score (nSPS) is 18.1. The molecule has 1 saturated heterocycles. The first-order chi connectivity index (χ1) is 11.0. The lowest BCUT2D eigenvalue weighted by molar-refractivity contribution is -0.384. The lowest BCUT2D eigenvalue weighted by Gasteiger charge is -2.31. The van der Waals surface area contributed by atoms with Crippen molar-refractivity contribution >= 4 is 28.5 Å². The third-order valence-corrected chi connectivity index (χ3v) is 3.96. The van der Waals surface area contributed by atoms with Crippen LogP contribution in [0.2, 0.25) is 0 Å². The first-order valence-corrected chi connectivity index (χ1v) is 7.12. The molecule has 1 atom stereocenters. The number of anilines is 1. The number of nitro benzene ring substituents is 1. The third kappa shape index (κ3) is 2.85. The van der Waals surface area contributed by atoms with Gasteiger partial charge in [0.1, 0.15) is 0 Å². The molecule has 0 saturated carbocycles. The van der Waals surface area contributed by atoms with E-state index in [1.807, 2.05) is 0 Å². The summed E-state index contributed by atoms with van der Waals surface area (Å²) in [7, 11) is 0. The number of hydrogen-bond acceptors (Lipinski definition) is 6. The summed E-state index contributed by atoms with van der Waals surface area (Å²) in [5.41, 5.74) is -0.320. The van der Waals surface area contributed by atoms with Gasteiger partial charge in [0.25, 0.3) is 11.2 Å². The maximum Gasteiger partial charge on any atom is 0.308 e. The van der Waals surface area contributed by atoms with E-state index in [9.17, 15) is 19.7 Å². The summed E-state index contributed by atoms with van der Waals surface area (Å²) in [4.78, 5) is 42.1. The van der Waals surface area contributed by atoms with Crippen LogP contribution in [0.4, 0.5) is 11.6 Å². The highest BCUT2D eigenvalue weighted by atomic mass is 16.6. The molecule has 0 bridgehead atoms. The molecule has 3 rings (SSSR count). The number of fused-ring (bicyclic) bond motifs is 1. The van der Waals surface area contributed by atoms with E-state index in [-0.39, 0.29) is 17.6 Å². The highest BCUT2D eigenvalue weighted by molar-refractivity contribution is 5.81. The van der Waals surface area contributed by atoms with Crippen LogP contribution < -0.4 is 10.5 Å². The summed E-state index contributed by atoms with van der Waals surface area (Å²) >= 11 is 0. The summed E-state index contributed by atoms with van der Waals surface area (Å²) in [5.74, 6) is -1.07. The molecule has 2 heterocycles. The quantitative estimate of drug-likeness (QED) is 0.641. The molecule has 120 valence electrons. The van der Waals surface area contributed by atoms with Crippen LogP contribution in [0.3, 0.4) is 0 Å². The molecule has 1 aliphatic rings. The number of H-pyrrole nitrogens is 1. The van der Waals surface area contributed by atoms with Crippen LogP contribution in [0.15, 0.2) is 23.0 Å². The molecule has 1 unspecified atom stereocenters. The predicted molar refractivity (Wildman–Crippen MR) is 81.6 cm³/mol. The van der Waals surface area contributed by atoms with E-state index in [0.29, 0.717) is 30.9 Å². The number of non-ortho nitro benzene ring substituents is 1. The Morgan fingerprint density at radius 1 is 1.48 bits per heavy atom. The van der Waals surface area contributed by atoms with Gasteiger partial charge in [-0.25, -0.2) is 4.98 Å². The number of rotatable bonds is 3. The van der Waals surface area contributed by atoms with Gasteiger partial charge in [0, 0.05) is 25.2 Å². The van der Waals surface area contributed by atoms with Gasteiger partial charge in [-0.05, 0) is 18.9 Å². The summed E-state index contributed by atoms with van der Waals surface area (Å²) in [6.45, 7) is 0.877. The number of benzene rings is 1. The number of hydrogen-bond donors (Lipinski definition) is 2. The topological polar surface area (TPSA) is 129 Å². The fourth-order valence-corrected chi connectivity index (χ4v) is 2.75. The minimum atomic E-state index is -0.867. The number of carboxylic acid groups (broad SMARTS) is 1. The van der Waals surface area contributed by atoms with Crippen molar-refractivity contribution in [3.05, 3.63) is 38.7 Å². The lowest BCUT2D eigenvalue weighted by atomic mass is 9.99.